The summed E-state index contributed by atoms with van der Waals surface area (Å²) in [5.41, 5.74) is 0.778. The first-order valence-corrected chi connectivity index (χ1v) is 6.98. The van der Waals surface area contributed by atoms with Crippen LogP contribution in [-0.4, -0.2) is 19.7 Å². The number of aromatic nitrogens is 1. The molecule has 0 aliphatic carbocycles. The van der Waals surface area contributed by atoms with Crippen molar-refractivity contribution in [3.63, 3.8) is 0 Å². The molecule has 0 saturated carbocycles. The van der Waals surface area contributed by atoms with E-state index in [1.807, 2.05) is 0 Å². The van der Waals surface area contributed by atoms with Crippen molar-refractivity contribution in [1.82, 2.24) is 9.71 Å². The van der Waals surface area contributed by atoms with Crippen molar-refractivity contribution in [3.8, 4) is 0 Å². The van der Waals surface area contributed by atoms with Gasteiger partial charge in [-0.1, -0.05) is 0 Å². The molecule has 6 nitrogen and oxygen atoms in total. The number of aldehydes is 1. The zero-order valence-electron chi connectivity index (χ0n) is 10.1. The van der Waals surface area contributed by atoms with Crippen LogP contribution in [0.5, 0.6) is 0 Å². The second-order valence-electron chi connectivity index (χ2n) is 3.90. The zero-order valence-corrected chi connectivity index (χ0v) is 10.9. The van der Waals surface area contributed by atoms with E-state index in [2.05, 4.69) is 9.71 Å². The molecule has 2 rings (SSSR count). The Morgan fingerprint density at radius 2 is 1.95 bits per heavy atom. The van der Waals surface area contributed by atoms with Crippen LogP contribution in [0.3, 0.4) is 0 Å². The number of sulfonamides is 1. The summed E-state index contributed by atoms with van der Waals surface area (Å²) in [6.45, 7) is 1.70. The Balaban J connectivity index is 2.20. The van der Waals surface area contributed by atoms with Gasteiger partial charge in [-0.25, -0.2) is 13.1 Å². The van der Waals surface area contributed by atoms with Crippen LogP contribution in [0.25, 0.3) is 0 Å². The van der Waals surface area contributed by atoms with E-state index in [-0.39, 0.29) is 10.9 Å². The summed E-state index contributed by atoms with van der Waals surface area (Å²) < 4.78 is 31.4. The second-order valence-corrected chi connectivity index (χ2v) is 5.54. The molecule has 2 aromatic rings. The smallest absolute Gasteiger partial charge is 0.274 e. The number of pyridine rings is 1. The van der Waals surface area contributed by atoms with Crippen LogP contribution in [0.1, 0.15) is 29.1 Å². The maximum absolute atomic E-state index is 12.0. The Morgan fingerprint density at radius 3 is 2.53 bits per heavy atom. The molecule has 0 aliphatic heterocycles. The van der Waals surface area contributed by atoms with E-state index in [4.69, 9.17) is 4.42 Å². The number of carbonyl (C=O) groups is 1. The van der Waals surface area contributed by atoms with Gasteiger partial charge in [0.05, 0.1) is 0 Å². The van der Waals surface area contributed by atoms with Crippen LogP contribution in [0.15, 0.2) is 46.2 Å². The largest absolute Gasteiger partial charge is 0.440 e. The highest BCUT2D eigenvalue weighted by Gasteiger charge is 2.21. The molecule has 0 amide bonds. The van der Waals surface area contributed by atoms with Gasteiger partial charge in [0.1, 0.15) is 0 Å². The van der Waals surface area contributed by atoms with E-state index in [0.717, 1.165) is 5.56 Å². The number of nitrogens with zero attached hydrogens (tertiary/aromatic N) is 1. The maximum Gasteiger partial charge on any atom is 0.274 e. The van der Waals surface area contributed by atoms with Gasteiger partial charge in [0, 0.05) is 18.4 Å². The van der Waals surface area contributed by atoms with Gasteiger partial charge in [-0.3, -0.25) is 9.78 Å². The van der Waals surface area contributed by atoms with Crippen molar-refractivity contribution < 1.29 is 17.6 Å². The van der Waals surface area contributed by atoms with E-state index in [9.17, 15) is 13.2 Å². The summed E-state index contributed by atoms with van der Waals surface area (Å²) in [6.07, 6.45) is 3.61. The third kappa shape index (κ3) is 3.07. The summed E-state index contributed by atoms with van der Waals surface area (Å²) in [7, 11) is -3.79. The van der Waals surface area contributed by atoms with Crippen LogP contribution < -0.4 is 4.72 Å². The van der Waals surface area contributed by atoms with Gasteiger partial charge in [-0.05, 0) is 36.8 Å². The molecule has 0 radical (unpaired) electrons. The molecule has 2 aromatic heterocycles. The van der Waals surface area contributed by atoms with Gasteiger partial charge < -0.3 is 4.42 Å². The zero-order chi connectivity index (χ0) is 13.9. The highest BCUT2D eigenvalue weighted by atomic mass is 32.2. The van der Waals surface area contributed by atoms with Gasteiger partial charge in [-0.15, -0.1) is 0 Å². The van der Waals surface area contributed by atoms with E-state index < -0.39 is 16.1 Å². The molecule has 7 heteroatoms. The molecule has 0 fully saturated rings. The summed E-state index contributed by atoms with van der Waals surface area (Å²) in [5.74, 6) is -0.0306. The first-order valence-electron chi connectivity index (χ1n) is 5.50. The Bertz CT molecular complexity index is 664. The van der Waals surface area contributed by atoms with Gasteiger partial charge in [-0.2, -0.15) is 0 Å². The second kappa shape index (κ2) is 5.33. The molecule has 2 heterocycles. The predicted molar refractivity (Wildman–Crippen MR) is 67.1 cm³/mol. The van der Waals surface area contributed by atoms with Gasteiger partial charge in [0.25, 0.3) is 10.0 Å². The molecule has 0 bridgehead atoms. The molecule has 0 aliphatic rings. The van der Waals surface area contributed by atoms with E-state index in [0.29, 0.717) is 6.29 Å². The fourth-order valence-electron chi connectivity index (χ4n) is 1.55. The minimum atomic E-state index is -3.79. The standard InChI is InChI=1S/C12H12N2O4S/c1-9(10-4-6-13-7-5-10)14-19(16,17)12-3-2-11(8-15)18-12/h2-9,14H,1H3. The average molecular weight is 280 g/mol. The Hall–Kier alpha value is -1.99. The van der Waals surface area contributed by atoms with Gasteiger partial charge in [0.15, 0.2) is 12.0 Å². The number of rotatable bonds is 5. The fourth-order valence-corrected chi connectivity index (χ4v) is 2.72. The van der Waals surface area contributed by atoms with Gasteiger partial charge >= 0.3 is 0 Å². The fraction of sp³-hybridized carbons (Fsp3) is 0.167. The lowest BCUT2D eigenvalue weighted by atomic mass is 10.1. The van der Waals surface area contributed by atoms with Crippen LogP contribution in [-0.2, 0) is 10.0 Å². The highest BCUT2D eigenvalue weighted by Crippen LogP contribution is 2.17. The molecular formula is C12H12N2O4S. The third-order valence-corrected chi connectivity index (χ3v) is 3.93. The number of nitrogens with one attached hydrogen (secondary N) is 1. The number of hydrogen-bond donors (Lipinski definition) is 1. The monoisotopic (exact) mass is 280 g/mol. The minimum absolute atomic E-state index is 0.0306. The van der Waals surface area contributed by atoms with Gasteiger partial charge in [0.2, 0.25) is 5.09 Å². The molecule has 0 aromatic carbocycles. The molecule has 1 unspecified atom stereocenters. The topological polar surface area (TPSA) is 89.3 Å². The number of hydrogen-bond acceptors (Lipinski definition) is 5. The van der Waals surface area contributed by atoms with E-state index in [1.54, 1.807) is 31.5 Å². The Morgan fingerprint density at radius 1 is 1.26 bits per heavy atom. The predicted octanol–water partition coefficient (Wildman–Crippen LogP) is 1.53. The first-order chi connectivity index (χ1) is 9.03. The van der Waals surface area contributed by atoms with Crippen LogP contribution in [0.4, 0.5) is 0 Å². The van der Waals surface area contributed by atoms with E-state index >= 15 is 0 Å². The summed E-state index contributed by atoms with van der Waals surface area (Å²) >= 11 is 0. The lowest BCUT2D eigenvalue weighted by Crippen LogP contribution is -2.26. The molecule has 19 heavy (non-hydrogen) atoms. The maximum atomic E-state index is 12.0. The summed E-state index contributed by atoms with van der Waals surface area (Å²) in [6, 6.07) is 5.54. The number of furan rings is 1. The van der Waals surface area contributed by atoms with Crippen LogP contribution >= 0.6 is 0 Å². The highest BCUT2D eigenvalue weighted by molar-refractivity contribution is 7.89. The molecule has 0 spiro atoms. The third-order valence-electron chi connectivity index (χ3n) is 2.52. The SMILES string of the molecule is CC(NS(=O)(=O)c1ccc(C=O)o1)c1ccncc1. The molecule has 1 atom stereocenters. The lowest BCUT2D eigenvalue weighted by molar-refractivity contribution is 0.109. The molecule has 0 saturated heterocycles. The summed E-state index contributed by atoms with van der Waals surface area (Å²) in [4.78, 5) is 14.3. The Labute approximate surface area is 110 Å². The quantitative estimate of drug-likeness (QED) is 0.839. The normalized spacial score (nSPS) is 13.1. The van der Waals surface area contributed by atoms with Crippen molar-refractivity contribution in [2.45, 2.75) is 18.1 Å². The molecule has 100 valence electrons. The van der Waals surface area contributed by atoms with Crippen molar-refractivity contribution in [2.75, 3.05) is 0 Å². The molecular weight excluding hydrogens is 268 g/mol. The Kier molecular flexibility index (Phi) is 3.77. The van der Waals surface area contributed by atoms with E-state index in [1.165, 1.54) is 12.1 Å². The first kappa shape index (κ1) is 13.4. The number of carbonyl (C=O) groups excluding carboxylic acids is 1. The average Bonchev–Trinajstić information content (AvgIpc) is 2.89. The lowest BCUT2D eigenvalue weighted by Gasteiger charge is -2.12. The summed E-state index contributed by atoms with van der Waals surface area (Å²) in [5, 5.41) is -0.282. The van der Waals surface area contributed by atoms with Crippen molar-refractivity contribution in [1.29, 1.82) is 0 Å². The van der Waals surface area contributed by atoms with Crippen molar-refractivity contribution in [2.24, 2.45) is 0 Å². The molecule has 1 N–H and O–H groups in total. The van der Waals surface area contributed by atoms with Crippen LogP contribution in [0, 0.1) is 0 Å². The van der Waals surface area contributed by atoms with Crippen molar-refractivity contribution >= 4 is 16.3 Å². The van der Waals surface area contributed by atoms with Crippen molar-refractivity contribution in [3.05, 3.63) is 48.0 Å². The minimum Gasteiger partial charge on any atom is -0.440 e. The van der Waals surface area contributed by atoms with Crippen LogP contribution in [0.2, 0.25) is 0 Å².